The molecule has 1 N–H and O–H groups in total. The second kappa shape index (κ2) is 8.89. The first-order chi connectivity index (χ1) is 12.5. The number of carbonyl (C=O) groups is 1. The Morgan fingerprint density at radius 2 is 1.54 bits per heavy atom. The maximum absolute atomic E-state index is 12.3. The molecule has 2 rings (SSSR count). The molecule has 0 saturated carbocycles. The number of amides is 1. The van der Waals surface area contributed by atoms with Crippen LogP contribution in [-0.2, 0) is 6.54 Å². The number of ether oxygens (including phenoxy) is 4. The normalized spacial score (nSPS) is 10.4. The Morgan fingerprint density at radius 3 is 2.15 bits per heavy atom. The highest BCUT2D eigenvalue weighted by Gasteiger charge is 2.14. The van der Waals surface area contributed by atoms with Gasteiger partial charge in [0.25, 0.3) is 5.91 Å². The van der Waals surface area contributed by atoms with Crippen LogP contribution in [0.4, 0.5) is 8.78 Å². The number of hydrogen-bond donors (Lipinski definition) is 1. The van der Waals surface area contributed by atoms with Gasteiger partial charge in [-0.3, -0.25) is 4.79 Å². The zero-order valence-corrected chi connectivity index (χ0v) is 14.5. The van der Waals surface area contributed by atoms with Gasteiger partial charge in [0.1, 0.15) is 0 Å². The molecule has 2 aromatic carbocycles. The van der Waals surface area contributed by atoms with Crippen molar-refractivity contribution in [3.63, 3.8) is 0 Å². The molecular formula is C18H19F2NO5. The van der Waals surface area contributed by atoms with Crippen LogP contribution in [0, 0.1) is 0 Å². The van der Waals surface area contributed by atoms with Crippen molar-refractivity contribution in [3.05, 3.63) is 47.5 Å². The summed E-state index contributed by atoms with van der Waals surface area (Å²) < 4.78 is 44.4. The van der Waals surface area contributed by atoms with Crippen LogP contribution in [0.25, 0.3) is 0 Å². The molecule has 0 aliphatic rings. The molecule has 0 fully saturated rings. The Morgan fingerprint density at radius 1 is 0.923 bits per heavy atom. The van der Waals surface area contributed by atoms with E-state index in [2.05, 4.69) is 10.1 Å². The van der Waals surface area contributed by atoms with Gasteiger partial charge >= 0.3 is 6.61 Å². The van der Waals surface area contributed by atoms with Gasteiger partial charge < -0.3 is 24.3 Å². The van der Waals surface area contributed by atoms with Crippen molar-refractivity contribution < 1.29 is 32.5 Å². The SMILES string of the molecule is COc1ccc(CNC(=O)c2ccc(OC(F)F)c(OC)c2)cc1OC. The fourth-order valence-corrected chi connectivity index (χ4v) is 2.28. The smallest absolute Gasteiger partial charge is 0.387 e. The number of hydrogen-bond acceptors (Lipinski definition) is 5. The predicted octanol–water partition coefficient (Wildman–Crippen LogP) is 3.24. The Hall–Kier alpha value is -3.03. The van der Waals surface area contributed by atoms with Gasteiger partial charge in [0, 0.05) is 12.1 Å². The third kappa shape index (κ3) is 4.75. The first kappa shape index (κ1) is 19.3. The van der Waals surface area contributed by atoms with Crippen molar-refractivity contribution in [2.45, 2.75) is 13.2 Å². The van der Waals surface area contributed by atoms with Gasteiger partial charge in [0.05, 0.1) is 21.3 Å². The summed E-state index contributed by atoms with van der Waals surface area (Å²) in [6, 6.07) is 9.25. The van der Waals surface area contributed by atoms with E-state index in [0.717, 1.165) is 5.56 Å². The maximum atomic E-state index is 12.3. The molecule has 0 saturated heterocycles. The van der Waals surface area contributed by atoms with Crippen molar-refractivity contribution >= 4 is 5.91 Å². The molecule has 0 aliphatic carbocycles. The van der Waals surface area contributed by atoms with Gasteiger partial charge in [-0.25, -0.2) is 0 Å². The van der Waals surface area contributed by atoms with Gasteiger partial charge in [-0.2, -0.15) is 8.78 Å². The van der Waals surface area contributed by atoms with E-state index in [1.165, 1.54) is 39.5 Å². The van der Waals surface area contributed by atoms with Crippen LogP contribution in [0.1, 0.15) is 15.9 Å². The number of carbonyl (C=O) groups excluding carboxylic acids is 1. The standard InChI is InChI=1S/C18H19F2NO5/c1-23-13-6-4-11(8-15(13)24-2)10-21-17(22)12-5-7-14(26-18(19)20)16(9-12)25-3/h4-9,18H,10H2,1-3H3,(H,21,22). The summed E-state index contributed by atoms with van der Waals surface area (Å²) in [5.74, 6) is 0.654. The van der Waals surface area contributed by atoms with Crippen LogP contribution in [0.5, 0.6) is 23.0 Å². The van der Waals surface area contributed by atoms with Gasteiger partial charge in [-0.1, -0.05) is 6.07 Å². The molecule has 2 aromatic rings. The second-order valence-electron chi connectivity index (χ2n) is 5.12. The molecule has 6 nitrogen and oxygen atoms in total. The number of rotatable bonds is 8. The van der Waals surface area contributed by atoms with Gasteiger partial charge in [0.15, 0.2) is 23.0 Å². The average molecular weight is 367 g/mol. The molecule has 0 radical (unpaired) electrons. The van der Waals surface area contributed by atoms with Crippen LogP contribution < -0.4 is 24.3 Å². The average Bonchev–Trinajstić information content (AvgIpc) is 2.65. The van der Waals surface area contributed by atoms with E-state index in [1.54, 1.807) is 18.2 Å². The predicted molar refractivity (Wildman–Crippen MR) is 90.3 cm³/mol. The summed E-state index contributed by atoms with van der Waals surface area (Å²) >= 11 is 0. The number of methoxy groups -OCH3 is 3. The van der Waals surface area contributed by atoms with E-state index in [4.69, 9.17) is 14.2 Å². The van der Waals surface area contributed by atoms with Gasteiger partial charge in [0.2, 0.25) is 0 Å². The molecular weight excluding hydrogens is 348 g/mol. The second-order valence-corrected chi connectivity index (χ2v) is 5.12. The minimum atomic E-state index is -2.98. The van der Waals surface area contributed by atoms with Crippen molar-refractivity contribution in [3.8, 4) is 23.0 Å². The zero-order valence-electron chi connectivity index (χ0n) is 14.5. The van der Waals surface area contributed by atoms with Crippen LogP contribution in [0.3, 0.4) is 0 Å². The van der Waals surface area contributed by atoms with Gasteiger partial charge in [-0.05, 0) is 35.9 Å². The summed E-state index contributed by atoms with van der Waals surface area (Å²) in [6.07, 6.45) is 0. The quantitative estimate of drug-likeness (QED) is 0.776. The molecule has 0 atom stereocenters. The van der Waals surface area contributed by atoms with Crippen LogP contribution in [0.2, 0.25) is 0 Å². The monoisotopic (exact) mass is 367 g/mol. The lowest BCUT2D eigenvalue weighted by atomic mass is 10.1. The minimum absolute atomic E-state index is 0.0454. The molecule has 0 bridgehead atoms. The molecule has 0 aliphatic heterocycles. The Bertz CT molecular complexity index is 767. The highest BCUT2D eigenvalue weighted by atomic mass is 19.3. The minimum Gasteiger partial charge on any atom is -0.493 e. The van der Waals surface area contributed by atoms with Crippen LogP contribution in [0.15, 0.2) is 36.4 Å². The van der Waals surface area contributed by atoms with E-state index in [-0.39, 0.29) is 29.5 Å². The molecule has 1 amide bonds. The number of nitrogens with one attached hydrogen (secondary N) is 1. The number of benzene rings is 2. The van der Waals surface area contributed by atoms with E-state index in [1.807, 2.05) is 0 Å². The molecule has 0 spiro atoms. The van der Waals surface area contributed by atoms with Crippen molar-refractivity contribution in [2.24, 2.45) is 0 Å². The zero-order chi connectivity index (χ0) is 19.1. The van der Waals surface area contributed by atoms with E-state index in [9.17, 15) is 13.6 Å². The maximum Gasteiger partial charge on any atom is 0.387 e. The fraction of sp³-hybridized carbons (Fsp3) is 0.278. The molecule has 8 heteroatoms. The topological polar surface area (TPSA) is 66.0 Å². The summed E-state index contributed by atoms with van der Waals surface area (Å²) in [5.41, 5.74) is 1.06. The van der Waals surface area contributed by atoms with Crippen molar-refractivity contribution in [2.75, 3.05) is 21.3 Å². The lowest BCUT2D eigenvalue weighted by Crippen LogP contribution is -2.22. The highest BCUT2D eigenvalue weighted by molar-refractivity contribution is 5.94. The van der Waals surface area contributed by atoms with Gasteiger partial charge in [-0.15, -0.1) is 0 Å². The summed E-state index contributed by atoms with van der Waals surface area (Å²) in [4.78, 5) is 12.3. The first-order valence-corrected chi connectivity index (χ1v) is 7.60. The van der Waals surface area contributed by atoms with E-state index in [0.29, 0.717) is 11.5 Å². The first-order valence-electron chi connectivity index (χ1n) is 7.60. The van der Waals surface area contributed by atoms with Crippen LogP contribution in [-0.4, -0.2) is 33.8 Å². The number of halogens is 2. The van der Waals surface area contributed by atoms with Crippen LogP contribution >= 0.6 is 0 Å². The largest absolute Gasteiger partial charge is 0.493 e. The Kier molecular flexibility index (Phi) is 6.60. The number of alkyl halides is 2. The van der Waals surface area contributed by atoms with E-state index < -0.39 is 6.61 Å². The molecule has 26 heavy (non-hydrogen) atoms. The molecule has 0 aromatic heterocycles. The summed E-state index contributed by atoms with van der Waals surface area (Å²) in [6.45, 7) is -2.73. The molecule has 0 unspecified atom stereocenters. The third-order valence-electron chi connectivity index (χ3n) is 3.54. The third-order valence-corrected chi connectivity index (χ3v) is 3.54. The Labute approximate surface area is 149 Å². The van der Waals surface area contributed by atoms with Crippen molar-refractivity contribution in [1.82, 2.24) is 5.32 Å². The molecule has 0 heterocycles. The Balaban J connectivity index is 2.08. The van der Waals surface area contributed by atoms with E-state index >= 15 is 0 Å². The van der Waals surface area contributed by atoms with Crippen molar-refractivity contribution in [1.29, 1.82) is 0 Å². The fourth-order valence-electron chi connectivity index (χ4n) is 2.28. The lowest BCUT2D eigenvalue weighted by Gasteiger charge is -2.12. The summed E-state index contributed by atoms with van der Waals surface area (Å²) in [5, 5.41) is 2.74. The summed E-state index contributed by atoms with van der Waals surface area (Å²) in [7, 11) is 4.36. The molecule has 140 valence electrons. The highest BCUT2D eigenvalue weighted by Crippen LogP contribution is 2.30. The lowest BCUT2D eigenvalue weighted by molar-refractivity contribution is -0.0512.